The van der Waals surface area contributed by atoms with Crippen molar-refractivity contribution in [2.75, 3.05) is 13.2 Å². The molecule has 0 amide bonds. The van der Waals surface area contributed by atoms with Crippen LogP contribution in [0.5, 0.6) is 11.5 Å². The number of aromatic nitrogens is 2. The Hall–Kier alpha value is -5.28. The number of hydrogen-bond donors (Lipinski definition) is 0. The van der Waals surface area contributed by atoms with Gasteiger partial charge in [0.15, 0.2) is 0 Å². The Kier molecular flexibility index (Phi) is 10.0. The lowest BCUT2D eigenvalue weighted by molar-refractivity contribution is 0.271. The smallest absolute Gasteiger partial charge is 0.119 e. The number of nitrogens with zero attached hydrogens (tertiary/aromatic N) is 6. The summed E-state index contributed by atoms with van der Waals surface area (Å²) in [4.78, 5) is 0. The van der Waals surface area contributed by atoms with E-state index in [0.29, 0.717) is 25.0 Å². The molecule has 0 saturated heterocycles. The van der Waals surface area contributed by atoms with Crippen LogP contribution >= 0.6 is 11.7 Å². The highest BCUT2D eigenvalue weighted by molar-refractivity contribution is 7.00. The van der Waals surface area contributed by atoms with Crippen molar-refractivity contribution < 1.29 is 9.47 Å². The summed E-state index contributed by atoms with van der Waals surface area (Å²) in [5, 5.41) is 17.6. The molecule has 0 unspecified atom stereocenters. The summed E-state index contributed by atoms with van der Waals surface area (Å²) < 4.78 is 20.8. The molecule has 0 aliphatic heterocycles. The van der Waals surface area contributed by atoms with Gasteiger partial charge in [0.05, 0.1) is 47.7 Å². The van der Waals surface area contributed by atoms with Crippen LogP contribution in [0.1, 0.15) is 27.7 Å². The second-order valence-electron chi connectivity index (χ2n) is 12.0. The first kappa shape index (κ1) is 31.7. The second-order valence-corrected chi connectivity index (χ2v) is 12.5. The molecule has 5 aromatic carbocycles. The molecule has 0 fully saturated rings. The Balaban J connectivity index is 1.12. The summed E-state index contributed by atoms with van der Waals surface area (Å²) in [5.74, 6) is 2.62. The lowest BCUT2D eigenvalue weighted by Crippen LogP contribution is -2.03. The standard InChI is InChI=1S/C38H36N6O2S/c1-25(2)23-45-33-17-13-31(14-18-33)41-39-29-9-5-27(6-10-29)35-21-22-36(38-37(35)43-47-44-38)28-7-11-30(12-8-28)40-42-32-15-19-34(20-16-32)46-24-26(3)4/h5-22,25-26H,23-24H2,1-4H3/b41-39+,42-40+. The Bertz CT molecular complexity index is 1820. The Morgan fingerprint density at radius 3 is 1.11 bits per heavy atom. The van der Waals surface area contributed by atoms with Gasteiger partial charge in [-0.25, -0.2) is 0 Å². The summed E-state index contributed by atoms with van der Waals surface area (Å²) in [7, 11) is 0. The van der Waals surface area contributed by atoms with Gasteiger partial charge in [0.2, 0.25) is 0 Å². The molecule has 0 atom stereocenters. The molecule has 0 saturated carbocycles. The molecular weight excluding hydrogens is 605 g/mol. The number of hydrogen-bond acceptors (Lipinski definition) is 9. The van der Waals surface area contributed by atoms with Gasteiger partial charge in [-0.1, -0.05) is 64.1 Å². The lowest BCUT2D eigenvalue weighted by Gasteiger charge is -2.08. The molecule has 0 spiro atoms. The van der Waals surface area contributed by atoms with Crippen molar-refractivity contribution in [1.82, 2.24) is 8.75 Å². The molecule has 6 aromatic rings. The maximum absolute atomic E-state index is 5.75. The van der Waals surface area contributed by atoms with E-state index >= 15 is 0 Å². The molecule has 6 rings (SSSR count). The average molecular weight is 641 g/mol. The van der Waals surface area contributed by atoms with Crippen LogP contribution in [0.2, 0.25) is 0 Å². The van der Waals surface area contributed by atoms with Crippen LogP contribution in [0.3, 0.4) is 0 Å². The summed E-state index contributed by atoms with van der Waals surface area (Å²) in [6, 6.07) is 35.5. The first-order valence-corrected chi connectivity index (χ1v) is 16.4. The molecule has 0 radical (unpaired) electrons. The fourth-order valence-electron chi connectivity index (χ4n) is 4.72. The van der Waals surface area contributed by atoms with Gasteiger partial charge in [-0.05, 0) is 95.8 Å². The highest BCUT2D eigenvalue weighted by Crippen LogP contribution is 2.36. The summed E-state index contributed by atoms with van der Waals surface area (Å²) in [6.45, 7) is 9.88. The zero-order valence-electron chi connectivity index (χ0n) is 26.9. The topological polar surface area (TPSA) is 93.7 Å². The van der Waals surface area contributed by atoms with Crippen molar-refractivity contribution in [3.63, 3.8) is 0 Å². The number of ether oxygens (including phenoxy) is 2. The van der Waals surface area contributed by atoms with E-state index in [-0.39, 0.29) is 0 Å². The van der Waals surface area contributed by atoms with Gasteiger partial charge in [0.25, 0.3) is 0 Å². The van der Waals surface area contributed by atoms with E-state index in [1.165, 1.54) is 11.7 Å². The van der Waals surface area contributed by atoms with Gasteiger partial charge < -0.3 is 9.47 Å². The van der Waals surface area contributed by atoms with Crippen LogP contribution in [0.4, 0.5) is 22.7 Å². The minimum absolute atomic E-state index is 0.477. The van der Waals surface area contributed by atoms with Crippen LogP contribution < -0.4 is 9.47 Å². The van der Waals surface area contributed by atoms with Crippen LogP contribution in [0.25, 0.3) is 33.3 Å². The van der Waals surface area contributed by atoms with Gasteiger partial charge in [-0.2, -0.15) is 29.2 Å². The van der Waals surface area contributed by atoms with Crippen molar-refractivity contribution in [2.24, 2.45) is 32.3 Å². The van der Waals surface area contributed by atoms with E-state index in [4.69, 9.17) is 9.47 Å². The minimum Gasteiger partial charge on any atom is -0.493 e. The van der Waals surface area contributed by atoms with Gasteiger partial charge in [0.1, 0.15) is 22.5 Å². The van der Waals surface area contributed by atoms with Crippen LogP contribution in [0, 0.1) is 11.8 Å². The van der Waals surface area contributed by atoms with Crippen molar-refractivity contribution in [2.45, 2.75) is 27.7 Å². The Labute approximate surface area is 279 Å². The van der Waals surface area contributed by atoms with Crippen molar-refractivity contribution in [1.29, 1.82) is 0 Å². The van der Waals surface area contributed by atoms with E-state index in [0.717, 1.165) is 67.5 Å². The number of benzene rings is 5. The first-order chi connectivity index (χ1) is 22.9. The lowest BCUT2D eigenvalue weighted by atomic mass is 9.97. The minimum atomic E-state index is 0.477. The van der Waals surface area contributed by atoms with Crippen LogP contribution in [-0.4, -0.2) is 22.0 Å². The predicted molar refractivity (Wildman–Crippen MR) is 190 cm³/mol. The second kappa shape index (κ2) is 14.9. The fourth-order valence-corrected chi connectivity index (χ4v) is 5.30. The summed E-state index contributed by atoms with van der Waals surface area (Å²) in [6.07, 6.45) is 0. The molecule has 0 aliphatic carbocycles. The van der Waals surface area contributed by atoms with E-state index in [2.05, 4.69) is 69.0 Å². The maximum Gasteiger partial charge on any atom is 0.119 e. The molecule has 1 heterocycles. The molecular formula is C38H36N6O2S. The molecule has 9 heteroatoms. The molecule has 236 valence electrons. The molecule has 8 nitrogen and oxygen atoms in total. The fraction of sp³-hybridized carbons (Fsp3) is 0.211. The van der Waals surface area contributed by atoms with E-state index in [9.17, 15) is 0 Å². The molecule has 0 bridgehead atoms. The summed E-state index contributed by atoms with van der Waals surface area (Å²) in [5.41, 5.74) is 8.91. The number of fused-ring (bicyclic) bond motifs is 1. The highest BCUT2D eigenvalue weighted by atomic mass is 32.1. The third-order valence-electron chi connectivity index (χ3n) is 7.17. The van der Waals surface area contributed by atoms with Gasteiger partial charge in [-0.3, -0.25) is 0 Å². The van der Waals surface area contributed by atoms with E-state index < -0.39 is 0 Å². The number of azo groups is 2. The summed E-state index contributed by atoms with van der Waals surface area (Å²) >= 11 is 1.21. The third-order valence-corrected chi connectivity index (χ3v) is 7.70. The molecule has 1 aromatic heterocycles. The largest absolute Gasteiger partial charge is 0.493 e. The van der Waals surface area contributed by atoms with Crippen molar-refractivity contribution >= 4 is 45.5 Å². The number of rotatable bonds is 12. The van der Waals surface area contributed by atoms with Crippen molar-refractivity contribution in [3.8, 4) is 33.8 Å². The predicted octanol–water partition coefficient (Wildman–Crippen LogP) is 11.9. The monoisotopic (exact) mass is 640 g/mol. The normalized spacial score (nSPS) is 11.8. The van der Waals surface area contributed by atoms with Gasteiger partial charge in [-0.15, -0.1) is 0 Å². The quantitative estimate of drug-likeness (QED) is 0.124. The van der Waals surface area contributed by atoms with Gasteiger partial charge in [0, 0.05) is 11.1 Å². The Morgan fingerprint density at radius 1 is 0.468 bits per heavy atom. The average Bonchev–Trinajstić information content (AvgIpc) is 3.59. The van der Waals surface area contributed by atoms with Crippen LogP contribution in [0.15, 0.2) is 130 Å². The highest BCUT2D eigenvalue weighted by Gasteiger charge is 2.13. The van der Waals surface area contributed by atoms with Crippen LogP contribution in [-0.2, 0) is 0 Å². The zero-order chi connectivity index (χ0) is 32.6. The van der Waals surface area contributed by atoms with Crippen molar-refractivity contribution in [3.05, 3.63) is 109 Å². The Morgan fingerprint density at radius 2 is 0.787 bits per heavy atom. The molecule has 47 heavy (non-hydrogen) atoms. The SMILES string of the molecule is CC(C)COc1ccc(/N=N/c2ccc(-c3ccc(-c4ccc(/N=N/c5ccc(OCC(C)C)cc5)cc4)c4nsnc34)cc2)cc1. The van der Waals surface area contributed by atoms with E-state index in [1.807, 2.05) is 97.1 Å². The molecule has 0 N–H and O–H groups in total. The third kappa shape index (κ3) is 8.31. The maximum atomic E-state index is 5.75. The molecule has 0 aliphatic rings. The van der Waals surface area contributed by atoms with E-state index in [1.54, 1.807) is 0 Å². The first-order valence-electron chi connectivity index (χ1n) is 15.7. The zero-order valence-corrected chi connectivity index (χ0v) is 27.7. The van der Waals surface area contributed by atoms with Gasteiger partial charge >= 0.3 is 0 Å².